The SMILES string of the molecule is C1=CC2=C(N(C3=CCCc4oc5c(ccc6ccccc65)c43)c3ccccc3-c3ccc4oc5c6ccccc6ccc5c4c3)C=CCC2C=C1. The Balaban J connectivity index is 1.15. The van der Waals surface area contributed by atoms with Gasteiger partial charge in [-0.1, -0.05) is 121 Å². The molecule has 2 aromatic heterocycles. The number of hydrogen-bond acceptors (Lipinski definition) is 3. The van der Waals surface area contributed by atoms with Gasteiger partial charge in [0.05, 0.1) is 11.4 Å². The van der Waals surface area contributed by atoms with Gasteiger partial charge in [0.25, 0.3) is 0 Å². The molecule has 0 spiro atoms. The topological polar surface area (TPSA) is 29.5 Å². The van der Waals surface area contributed by atoms with Crippen molar-refractivity contribution in [3.05, 3.63) is 180 Å². The Morgan fingerprint density at radius 1 is 0.627 bits per heavy atom. The normalized spacial score (nSPS) is 16.8. The fourth-order valence-electron chi connectivity index (χ4n) is 8.64. The number of benzene rings is 6. The molecular formula is C48H33NO2. The number of aryl methyl sites for hydroxylation is 1. The van der Waals surface area contributed by atoms with Gasteiger partial charge in [-0.15, -0.1) is 0 Å². The number of para-hydroxylation sites is 1. The van der Waals surface area contributed by atoms with Gasteiger partial charge in [0.1, 0.15) is 22.5 Å². The van der Waals surface area contributed by atoms with Crippen molar-refractivity contribution in [3.63, 3.8) is 0 Å². The van der Waals surface area contributed by atoms with Crippen molar-refractivity contribution in [1.82, 2.24) is 0 Å². The van der Waals surface area contributed by atoms with Crippen molar-refractivity contribution in [2.75, 3.05) is 4.90 Å². The second-order valence-electron chi connectivity index (χ2n) is 13.8. The van der Waals surface area contributed by atoms with Crippen molar-refractivity contribution < 1.29 is 8.83 Å². The Bertz CT molecular complexity index is 2900. The van der Waals surface area contributed by atoms with E-state index in [0.717, 1.165) is 80.0 Å². The van der Waals surface area contributed by atoms with Crippen LogP contribution in [0.2, 0.25) is 0 Å². The summed E-state index contributed by atoms with van der Waals surface area (Å²) in [5, 5.41) is 8.10. The van der Waals surface area contributed by atoms with Crippen LogP contribution in [0.4, 0.5) is 5.69 Å². The highest BCUT2D eigenvalue weighted by atomic mass is 16.3. The molecular weight excluding hydrogens is 623 g/mol. The molecule has 0 saturated carbocycles. The van der Waals surface area contributed by atoms with Crippen molar-refractivity contribution in [2.45, 2.75) is 19.3 Å². The van der Waals surface area contributed by atoms with Crippen LogP contribution in [0.5, 0.6) is 0 Å². The predicted octanol–water partition coefficient (Wildman–Crippen LogP) is 13.1. The molecule has 0 bridgehead atoms. The first-order valence-corrected chi connectivity index (χ1v) is 17.9. The van der Waals surface area contributed by atoms with Crippen LogP contribution < -0.4 is 4.90 Å². The summed E-state index contributed by atoms with van der Waals surface area (Å²) < 4.78 is 13.3. The molecule has 6 aromatic carbocycles. The molecule has 0 amide bonds. The number of rotatable bonds is 4. The third-order valence-corrected chi connectivity index (χ3v) is 11.0. The molecule has 1 atom stereocenters. The molecule has 0 radical (unpaired) electrons. The highest BCUT2D eigenvalue weighted by Gasteiger charge is 2.32. The average Bonchev–Trinajstić information content (AvgIpc) is 3.77. The van der Waals surface area contributed by atoms with Gasteiger partial charge >= 0.3 is 0 Å². The minimum atomic E-state index is 0.335. The van der Waals surface area contributed by atoms with E-state index < -0.39 is 0 Å². The first-order chi connectivity index (χ1) is 25.3. The molecule has 11 rings (SSSR count). The van der Waals surface area contributed by atoms with Crippen molar-refractivity contribution in [3.8, 4) is 11.1 Å². The third kappa shape index (κ3) is 4.31. The van der Waals surface area contributed by atoms with E-state index in [0.29, 0.717) is 5.92 Å². The smallest absolute Gasteiger partial charge is 0.143 e. The molecule has 3 aliphatic carbocycles. The molecule has 3 aliphatic rings. The largest absolute Gasteiger partial charge is 0.460 e. The maximum Gasteiger partial charge on any atom is 0.143 e. The molecule has 0 saturated heterocycles. The minimum absolute atomic E-state index is 0.335. The van der Waals surface area contributed by atoms with Gasteiger partial charge in [-0.25, -0.2) is 0 Å². The van der Waals surface area contributed by atoms with Gasteiger partial charge in [0, 0.05) is 56.1 Å². The Labute approximate surface area is 295 Å². The van der Waals surface area contributed by atoms with Crippen LogP contribution in [0.1, 0.15) is 24.2 Å². The first-order valence-electron chi connectivity index (χ1n) is 17.9. The lowest BCUT2D eigenvalue weighted by molar-refractivity contribution is 0.547. The molecule has 3 heteroatoms. The number of hydrogen-bond donors (Lipinski definition) is 0. The number of furan rings is 2. The van der Waals surface area contributed by atoms with Crippen LogP contribution >= 0.6 is 0 Å². The van der Waals surface area contributed by atoms with E-state index >= 15 is 0 Å². The molecule has 2 heterocycles. The van der Waals surface area contributed by atoms with Gasteiger partial charge < -0.3 is 13.7 Å². The van der Waals surface area contributed by atoms with E-state index in [2.05, 4.69) is 163 Å². The monoisotopic (exact) mass is 655 g/mol. The fourth-order valence-corrected chi connectivity index (χ4v) is 8.64. The minimum Gasteiger partial charge on any atom is -0.460 e. The molecule has 0 aliphatic heterocycles. The van der Waals surface area contributed by atoms with Crippen LogP contribution in [-0.2, 0) is 6.42 Å². The number of anilines is 1. The first kappa shape index (κ1) is 28.5. The fraction of sp³-hybridized carbons (Fsp3) is 0.0833. The maximum atomic E-state index is 6.80. The second kappa shape index (κ2) is 11.1. The summed E-state index contributed by atoms with van der Waals surface area (Å²) in [6, 6.07) is 41.4. The lowest BCUT2D eigenvalue weighted by atomic mass is 9.85. The Morgan fingerprint density at radius 2 is 1.39 bits per heavy atom. The Kier molecular flexibility index (Phi) is 6.20. The van der Waals surface area contributed by atoms with E-state index in [4.69, 9.17) is 8.83 Å². The van der Waals surface area contributed by atoms with Crippen molar-refractivity contribution in [2.24, 2.45) is 5.92 Å². The molecule has 242 valence electrons. The summed E-state index contributed by atoms with van der Waals surface area (Å²) in [5.74, 6) is 1.39. The molecule has 1 unspecified atom stereocenters. The van der Waals surface area contributed by atoms with E-state index in [1.54, 1.807) is 0 Å². The molecule has 3 nitrogen and oxygen atoms in total. The zero-order valence-electron chi connectivity index (χ0n) is 28.0. The molecule has 0 N–H and O–H groups in total. The number of allylic oxidation sites excluding steroid dienone is 8. The average molecular weight is 656 g/mol. The highest BCUT2D eigenvalue weighted by molar-refractivity contribution is 6.16. The molecule has 51 heavy (non-hydrogen) atoms. The highest BCUT2D eigenvalue weighted by Crippen LogP contribution is 2.48. The quantitative estimate of drug-likeness (QED) is 0.189. The predicted molar refractivity (Wildman–Crippen MR) is 212 cm³/mol. The van der Waals surface area contributed by atoms with Crippen LogP contribution in [0.25, 0.3) is 71.3 Å². The maximum absolute atomic E-state index is 6.80. The third-order valence-electron chi connectivity index (χ3n) is 11.0. The van der Waals surface area contributed by atoms with E-state index in [-0.39, 0.29) is 0 Å². The molecule has 8 aromatic rings. The van der Waals surface area contributed by atoms with Gasteiger partial charge in [0.2, 0.25) is 0 Å². The lowest BCUT2D eigenvalue weighted by Gasteiger charge is -2.36. The van der Waals surface area contributed by atoms with E-state index in [1.807, 2.05) is 0 Å². The summed E-state index contributed by atoms with van der Waals surface area (Å²) >= 11 is 0. The summed E-state index contributed by atoms with van der Waals surface area (Å²) in [6.45, 7) is 0. The van der Waals surface area contributed by atoms with Gasteiger partial charge in [0.15, 0.2) is 0 Å². The van der Waals surface area contributed by atoms with Gasteiger partial charge in [-0.3, -0.25) is 0 Å². The zero-order chi connectivity index (χ0) is 33.5. The Morgan fingerprint density at radius 3 is 2.25 bits per heavy atom. The van der Waals surface area contributed by atoms with Crippen LogP contribution in [0.15, 0.2) is 178 Å². The van der Waals surface area contributed by atoms with Gasteiger partial charge in [-0.05, 0) is 71.2 Å². The van der Waals surface area contributed by atoms with Crippen LogP contribution in [-0.4, -0.2) is 0 Å². The lowest BCUT2D eigenvalue weighted by Crippen LogP contribution is -2.26. The number of nitrogens with zero attached hydrogens (tertiary/aromatic N) is 1. The van der Waals surface area contributed by atoms with Crippen molar-refractivity contribution >= 4 is 65.8 Å². The summed E-state index contributed by atoms with van der Waals surface area (Å²) in [4.78, 5) is 2.52. The van der Waals surface area contributed by atoms with Crippen LogP contribution in [0, 0.1) is 5.92 Å². The van der Waals surface area contributed by atoms with Gasteiger partial charge in [-0.2, -0.15) is 0 Å². The summed E-state index contributed by atoms with van der Waals surface area (Å²) in [5.41, 5.74) is 11.2. The standard InChI is InChI=1S/C48H33NO2/c1-4-15-34-30(11-1)14-9-20-42(34)49(43-21-10-22-45-46(43)39-27-24-32-13-3-6-18-37(32)48(39)51-45)41-19-8-7-16-35(41)33-25-28-44-40(29-33)38-26-23-31-12-2-5-17-36(31)47(38)50-44/h1-9,11-13,15-21,23-30H,10,14,22H2. The second-order valence-corrected chi connectivity index (χ2v) is 13.8. The number of fused-ring (bicyclic) bond motifs is 11. The van der Waals surface area contributed by atoms with E-state index in [9.17, 15) is 0 Å². The summed E-state index contributed by atoms with van der Waals surface area (Å²) in [7, 11) is 0. The van der Waals surface area contributed by atoms with E-state index in [1.165, 1.54) is 38.9 Å². The van der Waals surface area contributed by atoms with Crippen LogP contribution in [0.3, 0.4) is 0 Å². The summed E-state index contributed by atoms with van der Waals surface area (Å²) in [6.07, 6.45) is 18.9. The zero-order valence-corrected chi connectivity index (χ0v) is 28.0. The molecule has 0 fully saturated rings. The van der Waals surface area contributed by atoms with Crippen molar-refractivity contribution in [1.29, 1.82) is 0 Å². The Hall–Kier alpha value is -6.32.